The predicted molar refractivity (Wildman–Crippen MR) is 102 cm³/mol. The topological polar surface area (TPSA) is 77.9 Å². The Morgan fingerprint density at radius 1 is 1.12 bits per heavy atom. The summed E-state index contributed by atoms with van der Waals surface area (Å²) in [4.78, 5) is 12.1. The van der Waals surface area contributed by atoms with Crippen LogP contribution in [0.1, 0.15) is 19.8 Å². The van der Waals surface area contributed by atoms with Crippen LogP contribution in [0.4, 0.5) is 5.82 Å². The van der Waals surface area contributed by atoms with Crippen molar-refractivity contribution in [2.75, 3.05) is 11.4 Å². The Morgan fingerprint density at radius 3 is 2.88 bits per heavy atom. The van der Waals surface area contributed by atoms with Crippen molar-refractivity contribution >= 4 is 27.8 Å². The van der Waals surface area contributed by atoms with Gasteiger partial charge in [0.1, 0.15) is 11.4 Å². The van der Waals surface area contributed by atoms with E-state index in [1.54, 1.807) is 12.1 Å². The number of hydrogen-bond acceptors (Lipinski definition) is 5. The van der Waals surface area contributed by atoms with E-state index in [1.165, 1.54) is 0 Å². The van der Waals surface area contributed by atoms with Crippen LogP contribution in [-0.2, 0) is 0 Å². The number of phenols is 1. The molecule has 0 aliphatic carbocycles. The maximum Gasteiger partial charge on any atom is 0.156 e. The minimum absolute atomic E-state index is 0.199. The van der Waals surface area contributed by atoms with Gasteiger partial charge in [0.25, 0.3) is 0 Å². The third-order valence-corrected chi connectivity index (χ3v) is 5.17. The van der Waals surface area contributed by atoms with Crippen molar-refractivity contribution < 1.29 is 5.11 Å². The highest BCUT2D eigenvalue weighted by Crippen LogP contribution is 2.35. The van der Waals surface area contributed by atoms with Crippen molar-refractivity contribution in [3.05, 3.63) is 42.6 Å². The van der Waals surface area contributed by atoms with Gasteiger partial charge in [0.2, 0.25) is 0 Å². The number of nitrogens with one attached hydrogen (secondary N) is 1. The maximum atomic E-state index is 9.84. The molecule has 2 aromatic heterocycles. The zero-order chi connectivity index (χ0) is 17.7. The molecule has 3 heterocycles. The lowest BCUT2D eigenvalue weighted by Gasteiger charge is -2.25. The Labute approximate surface area is 150 Å². The molecule has 2 N–H and O–H groups in total. The number of fused-ring (bicyclic) bond motifs is 2. The van der Waals surface area contributed by atoms with E-state index in [-0.39, 0.29) is 5.75 Å². The van der Waals surface area contributed by atoms with E-state index in [2.05, 4.69) is 28.1 Å². The van der Waals surface area contributed by atoms with E-state index >= 15 is 0 Å². The summed E-state index contributed by atoms with van der Waals surface area (Å²) < 4.78 is 0. The van der Waals surface area contributed by atoms with Crippen molar-refractivity contribution in [1.29, 1.82) is 0 Å². The van der Waals surface area contributed by atoms with Gasteiger partial charge in [0.05, 0.1) is 22.7 Å². The molecule has 1 unspecified atom stereocenters. The summed E-state index contributed by atoms with van der Waals surface area (Å²) in [5.74, 6) is 1.11. The van der Waals surface area contributed by atoms with Crippen LogP contribution in [0.3, 0.4) is 0 Å². The zero-order valence-electron chi connectivity index (χ0n) is 14.5. The fourth-order valence-corrected chi connectivity index (χ4v) is 3.77. The van der Waals surface area contributed by atoms with Gasteiger partial charge in [0.15, 0.2) is 5.82 Å². The molecule has 0 saturated carbocycles. The van der Waals surface area contributed by atoms with E-state index in [0.717, 1.165) is 52.9 Å². The fourth-order valence-electron chi connectivity index (χ4n) is 3.77. The monoisotopic (exact) mass is 345 g/mol. The Kier molecular flexibility index (Phi) is 3.31. The van der Waals surface area contributed by atoms with Crippen molar-refractivity contribution in [1.82, 2.24) is 20.2 Å². The Hall–Kier alpha value is -3.15. The van der Waals surface area contributed by atoms with Gasteiger partial charge in [-0.1, -0.05) is 6.07 Å². The molecule has 6 nitrogen and oxygen atoms in total. The first-order chi connectivity index (χ1) is 12.7. The third kappa shape index (κ3) is 2.37. The molecule has 1 saturated heterocycles. The number of phenolic OH excluding ortho intramolecular Hbond substituents is 1. The van der Waals surface area contributed by atoms with Crippen molar-refractivity contribution in [2.45, 2.75) is 25.8 Å². The first kappa shape index (κ1) is 15.1. The number of nitrogens with zero attached hydrogens (tertiary/aromatic N) is 4. The number of aromatic amines is 1. The van der Waals surface area contributed by atoms with Gasteiger partial charge in [0, 0.05) is 29.6 Å². The predicted octanol–water partition coefficient (Wildman–Crippen LogP) is 3.87. The third-order valence-electron chi connectivity index (χ3n) is 5.17. The molecule has 0 bridgehead atoms. The quantitative estimate of drug-likeness (QED) is 0.577. The fraction of sp³-hybridized carbons (Fsp3) is 0.250. The second-order valence-corrected chi connectivity index (χ2v) is 6.93. The molecule has 1 aliphatic heterocycles. The van der Waals surface area contributed by atoms with Crippen LogP contribution < -0.4 is 4.90 Å². The van der Waals surface area contributed by atoms with Gasteiger partial charge < -0.3 is 10.0 Å². The first-order valence-electron chi connectivity index (χ1n) is 8.90. The second-order valence-electron chi connectivity index (χ2n) is 6.93. The van der Waals surface area contributed by atoms with Gasteiger partial charge in [-0.05, 0) is 44.0 Å². The SMILES string of the molecule is CC1CCCN1c1nc2ccc(O)cc2nc1-c1ccc2[nH]ncc2c1. The first-order valence-corrected chi connectivity index (χ1v) is 8.90. The Morgan fingerprint density at radius 2 is 2.04 bits per heavy atom. The van der Waals surface area contributed by atoms with Crippen molar-refractivity contribution in [2.24, 2.45) is 0 Å². The van der Waals surface area contributed by atoms with Gasteiger partial charge in [-0.15, -0.1) is 0 Å². The molecule has 130 valence electrons. The molecular weight excluding hydrogens is 326 g/mol. The summed E-state index contributed by atoms with van der Waals surface area (Å²) in [6.07, 6.45) is 4.14. The standard InChI is InChI=1S/C20H19N5O/c1-12-3-2-8-25(12)20-19(13-4-6-16-14(9-13)11-21-24-16)22-18-10-15(26)5-7-17(18)23-20/h4-7,9-12,26H,2-3,8H2,1H3,(H,21,24). The molecule has 5 rings (SSSR count). The minimum Gasteiger partial charge on any atom is -0.508 e. The molecule has 0 radical (unpaired) electrons. The number of anilines is 1. The van der Waals surface area contributed by atoms with Crippen LogP contribution in [-0.4, -0.2) is 37.9 Å². The van der Waals surface area contributed by atoms with Crippen molar-refractivity contribution in [3.8, 4) is 17.0 Å². The Bertz CT molecular complexity index is 1120. The molecule has 0 spiro atoms. The summed E-state index contributed by atoms with van der Waals surface area (Å²) in [5, 5.41) is 18.0. The number of aromatic nitrogens is 4. The summed E-state index contributed by atoms with van der Waals surface area (Å²) in [5.41, 5.74) is 4.34. The second kappa shape index (κ2) is 5.69. The number of benzene rings is 2. The van der Waals surface area contributed by atoms with Gasteiger partial charge in [-0.25, -0.2) is 9.97 Å². The highest BCUT2D eigenvalue weighted by atomic mass is 16.3. The van der Waals surface area contributed by atoms with Crippen LogP contribution >= 0.6 is 0 Å². The molecule has 1 atom stereocenters. The zero-order valence-corrected chi connectivity index (χ0v) is 14.5. The highest BCUT2D eigenvalue weighted by molar-refractivity contribution is 5.89. The molecular formula is C20H19N5O. The number of hydrogen-bond donors (Lipinski definition) is 2. The maximum absolute atomic E-state index is 9.84. The molecule has 1 aliphatic rings. The smallest absolute Gasteiger partial charge is 0.156 e. The summed E-state index contributed by atoms with van der Waals surface area (Å²) in [6, 6.07) is 11.7. The molecule has 1 fully saturated rings. The van der Waals surface area contributed by atoms with E-state index in [9.17, 15) is 5.11 Å². The van der Waals surface area contributed by atoms with Crippen LogP contribution in [0.2, 0.25) is 0 Å². The van der Waals surface area contributed by atoms with Crippen LogP contribution in [0.25, 0.3) is 33.2 Å². The van der Waals surface area contributed by atoms with E-state index in [1.807, 2.05) is 24.4 Å². The van der Waals surface area contributed by atoms with E-state index in [0.29, 0.717) is 11.6 Å². The molecule has 26 heavy (non-hydrogen) atoms. The van der Waals surface area contributed by atoms with Gasteiger partial charge >= 0.3 is 0 Å². The van der Waals surface area contributed by atoms with Gasteiger partial charge in [-0.2, -0.15) is 5.10 Å². The normalized spacial score (nSPS) is 17.4. The van der Waals surface area contributed by atoms with Crippen LogP contribution in [0.15, 0.2) is 42.6 Å². The Balaban J connectivity index is 1.77. The lowest BCUT2D eigenvalue weighted by molar-refractivity contribution is 0.476. The summed E-state index contributed by atoms with van der Waals surface area (Å²) in [7, 11) is 0. The van der Waals surface area contributed by atoms with Crippen molar-refractivity contribution in [3.63, 3.8) is 0 Å². The average molecular weight is 345 g/mol. The van der Waals surface area contributed by atoms with Crippen LogP contribution in [0, 0.1) is 0 Å². The van der Waals surface area contributed by atoms with Gasteiger partial charge in [-0.3, -0.25) is 5.10 Å². The van der Waals surface area contributed by atoms with Crippen LogP contribution in [0.5, 0.6) is 5.75 Å². The molecule has 2 aromatic carbocycles. The number of rotatable bonds is 2. The average Bonchev–Trinajstić information content (AvgIpc) is 3.28. The molecule has 6 heteroatoms. The summed E-state index contributed by atoms with van der Waals surface area (Å²) >= 11 is 0. The summed E-state index contributed by atoms with van der Waals surface area (Å²) in [6.45, 7) is 3.22. The molecule has 0 amide bonds. The molecule has 4 aromatic rings. The lowest BCUT2D eigenvalue weighted by Crippen LogP contribution is -2.28. The largest absolute Gasteiger partial charge is 0.508 e. The van der Waals surface area contributed by atoms with E-state index in [4.69, 9.17) is 9.97 Å². The van der Waals surface area contributed by atoms with E-state index < -0.39 is 0 Å². The lowest BCUT2D eigenvalue weighted by atomic mass is 10.1. The minimum atomic E-state index is 0.199. The number of H-pyrrole nitrogens is 1. The number of aromatic hydroxyl groups is 1. The highest BCUT2D eigenvalue weighted by Gasteiger charge is 2.26.